The van der Waals surface area contributed by atoms with Crippen molar-refractivity contribution in [3.8, 4) is 5.75 Å². The van der Waals surface area contributed by atoms with Gasteiger partial charge in [-0.05, 0) is 72.9 Å². The largest absolute Gasteiger partial charge is 0.573 e. The van der Waals surface area contributed by atoms with Crippen LogP contribution >= 0.6 is 0 Å². The molecule has 2 unspecified atom stereocenters. The number of nitrogens with zero attached hydrogens (tertiary/aromatic N) is 3. The van der Waals surface area contributed by atoms with Crippen molar-refractivity contribution < 1.29 is 27.8 Å². The van der Waals surface area contributed by atoms with Crippen LogP contribution in [0.15, 0.2) is 36.5 Å². The van der Waals surface area contributed by atoms with Gasteiger partial charge >= 0.3 is 12.3 Å². The summed E-state index contributed by atoms with van der Waals surface area (Å²) in [6.07, 6.45) is 0.280. The number of imidazole rings is 1. The number of carbonyl (C=O) groups is 1. The average molecular weight is 491 g/mol. The Labute approximate surface area is 201 Å². The van der Waals surface area contributed by atoms with Crippen LogP contribution in [0.4, 0.5) is 24.8 Å². The van der Waals surface area contributed by atoms with Crippen LogP contribution in [0.1, 0.15) is 58.1 Å². The number of pyridine rings is 1. The summed E-state index contributed by atoms with van der Waals surface area (Å²) in [5, 5.41) is 12.2. The number of aromatic nitrogens is 3. The first-order chi connectivity index (χ1) is 16.4. The SMILES string of the molecule is CC1CC(n2c(Nc3ccc(OC(F)(F)F)cc3)nc3cc(CCC(=O)O)cnc32)CC(C)(C)C1. The van der Waals surface area contributed by atoms with Gasteiger partial charge in [-0.3, -0.25) is 9.36 Å². The molecule has 1 fully saturated rings. The second-order valence-electron chi connectivity index (χ2n) is 10.1. The second-order valence-corrected chi connectivity index (χ2v) is 10.1. The molecule has 0 radical (unpaired) electrons. The maximum absolute atomic E-state index is 12.5. The minimum Gasteiger partial charge on any atom is -0.481 e. The summed E-state index contributed by atoms with van der Waals surface area (Å²) in [5.74, 6) is -0.136. The monoisotopic (exact) mass is 490 g/mol. The Morgan fingerprint density at radius 3 is 2.60 bits per heavy atom. The lowest BCUT2D eigenvalue weighted by Crippen LogP contribution is -2.30. The third-order valence-corrected chi connectivity index (χ3v) is 6.29. The molecule has 4 rings (SSSR count). The fraction of sp³-hybridized carbons (Fsp3) is 0.480. The van der Waals surface area contributed by atoms with Gasteiger partial charge in [-0.2, -0.15) is 0 Å². The predicted octanol–water partition coefficient (Wildman–Crippen LogP) is 6.48. The van der Waals surface area contributed by atoms with Crippen LogP contribution in [-0.2, 0) is 11.2 Å². The molecule has 10 heteroatoms. The van der Waals surface area contributed by atoms with Crippen molar-refractivity contribution in [3.63, 3.8) is 0 Å². The lowest BCUT2D eigenvalue weighted by Gasteiger charge is -2.40. The number of ether oxygens (including phenoxy) is 1. The van der Waals surface area contributed by atoms with Gasteiger partial charge in [-0.1, -0.05) is 20.8 Å². The number of rotatable bonds is 7. The van der Waals surface area contributed by atoms with Crippen molar-refractivity contribution in [2.45, 2.75) is 65.3 Å². The van der Waals surface area contributed by atoms with Crippen LogP contribution in [0, 0.1) is 11.3 Å². The maximum Gasteiger partial charge on any atom is 0.573 e. The number of anilines is 2. The Bertz CT molecular complexity index is 1210. The minimum atomic E-state index is -4.75. The van der Waals surface area contributed by atoms with Crippen LogP contribution in [0.3, 0.4) is 0 Å². The number of aryl methyl sites for hydroxylation is 1. The normalized spacial score (nSPS) is 20.1. The highest BCUT2D eigenvalue weighted by atomic mass is 19.4. The van der Waals surface area contributed by atoms with E-state index in [-0.39, 0.29) is 23.6 Å². The quantitative estimate of drug-likeness (QED) is 0.394. The molecule has 1 aliphatic carbocycles. The number of hydrogen-bond donors (Lipinski definition) is 2. The molecule has 0 spiro atoms. The molecule has 1 saturated carbocycles. The van der Waals surface area contributed by atoms with Crippen LogP contribution in [-0.4, -0.2) is 32.0 Å². The molecule has 1 aromatic carbocycles. The van der Waals surface area contributed by atoms with Crippen molar-refractivity contribution in [2.24, 2.45) is 11.3 Å². The predicted molar refractivity (Wildman–Crippen MR) is 126 cm³/mol. The van der Waals surface area contributed by atoms with Crippen molar-refractivity contribution >= 4 is 28.8 Å². The Morgan fingerprint density at radius 1 is 1.26 bits per heavy atom. The van der Waals surface area contributed by atoms with Crippen LogP contribution in [0.25, 0.3) is 11.2 Å². The first-order valence-corrected chi connectivity index (χ1v) is 11.6. The van der Waals surface area contributed by atoms with E-state index in [2.05, 4.69) is 40.4 Å². The minimum absolute atomic E-state index is 0.000321. The zero-order valence-electron chi connectivity index (χ0n) is 19.9. The van der Waals surface area contributed by atoms with E-state index in [1.165, 1.54) is 24.3 Å². The van der Waals surface area contributed by atoms with Crippen molar-refractivity contribution in [2.75, 3.05) is 5.32 Å². The fourth-order valence-corrected chi connectivity index (χ4v) is 5.21. The summed E-state index contributed by atoms with van der Waals surface area (Å²) >= 11 is 0. The lowest BCUT2D eigenvalue weighted by molar-refractivity contribution is -0.274. The Hall–Kier alpha value is -3.30. The second kappa shape index (κ2) is 9.39. The molecule has 7 nitrogen and oxygen atoms in total. The van der Waals surface area contributed by atoms with Crippen LogP contribution in [0.5, 0.6) is 5.75 Å². The van der Waals surface area contributed by atoms with Gasteiger partial charge in [-0.25, -0.2) is 9.97 Å². The van der Waals surface area contributed by atoms with Crippen molar-refractivity contribution in [1.29, 1.82) is 0 Å². The summed E-state index contributed by atoms with van der Waals surface area (Å²) in [6, 6.07) is 7.48. The smallest absolute Gasteiger partial charge is 0.481 e. The molecule has 1 aliphatic rings. The molecule has 2 aromatic heterocycles. The van der Waals surface area contributed by atoms with Gasteiger partial charge in [0.25, 0.3) is 0 Å². The van der Waals surface area contributed by atoms with Gasteiger partial charge in [0.1, 0.15) is 11.3 Å². The van der Waals surface area contributed by atoms with Gasteiger partial charge in [-0.15, -0.1) is 13.2 Å². The topological polar surface area (TPSA) is 89.3 Å². The highest BCUT2D eigenvalue weighted by molar-refractivity contribution is 5.77. The molecule has 0 saturated heterocycles. The lowest BCUT2D eigenvalue weighted by atomic mass is 9.70. The standard InChI is InChI=1S/C25H29F3N4O3/c1-15-10-18(13-24(2,3)12-15)32-22-20(11-16(14-29-22)4-9-21(33)34)31-23(32)30-17-5-7-19(8-6-17)35-25(26,27)28/h5-8,11,14-15,18H,4,9-10,12-13H2,1-3H3,(H,30,31)(H,33,34). The molecule has 2 heterocycles. The summed E-state index contributed by atoms with van der Waals surface area (Å²) in [5.41, 5.74) is 2.81. The van der Waals surface area contributed by atoms with E-state index in [4.69, 9.17) is 10.1 Å². The molecule has 35 heavy (non-hydrogen) atoms. The van der Waals surface area contributed by atoms with E-state index in [1.54, 1.807) is 6.20 Å². The zero-order chi connectivity index (χ0) is 25.4. The number of nitrogens with one attached hydrogen (secondary N) is 1. The molecule has 188 valence electrons. The highest BCUT2D eigenvalue weighted by Gasteiger charge is 2.35. The molecular formula is C25H29F3N4O3. The third kappa shape index (κ3) is 6.23. The number of carboxylic acid groups (broad SMARTS) is 1. The number of benzene rings is 1. The summed E-state index contributed by atoms with van der Waals surface area (Å²) in [6.45, 7) is 6.73. The van der Waals surface area contributed by atoms with Crippen molar-refractivity contribution in [3.05, 3.63) is 42.1 Å². The van der Waals surface area contributed by atoms with E-state index in [0.717, 1.165) is 24.8 Å². The molecular weight excluding hydrogens is 461 g/mol. The molecule has 0 aliphatic heterocycles. The summed E-state index contributed by atoms with van der Waals surface area (Å²) < 4.78 is 43.5. The first-order valence-electron chi connectivity index (χ1n) is 11.6. The van der Waals surface area contributed by atoms with Gasteiger partial charge in [0.15, 0.2) is 5.65 Å². The van der Waals surface area contributed by atoms with E-state index in [9.17, 15) is 18.0 Å². The molecule has 3 aromatic rings. The molecule has 0 amide bonds. The highest BCUT2D eigenvalue weighted by Crippen LogP contribution is 2.45. The van der Waals surface area contributed by atoms with E-state index >= 15 is 0 Å². The Balaban J connectivity index is 1.70. The van der Waals surface area contributed by atoms with Crippen molar-refractivity contribution in [1.82, 2.24) is 14.5 Å². The van der Waals surface area contributed by atoms with Gasteiger partial charge in [0.2, 0.25) is 5.95 Å². The van der Waals surface area contributed by atoms with Gasteiger partial charge in [0.05, 0.1) is 0 Å². The molecule has 2 atom stereocenters. The fourth-order valence-electron chi connectivity index (χ4n) is 5.21. The van der Waals surface area contributed by atoms with Gasteiger partial charge < -0.3 is 15.2 Å². The van der Waals surface area contributed by atoms with Crippen LogP contribution in [0.2, 0.25) is 0 Å². The van der Waals surface area contributed by atoms with E-state index in [0.29, 0.717) is 35.1 Å². The summed E-state index contributed by atoms with van der Waals surface area (Å²) in [7, 11) is 0. The first kappa shape index (κ1) is 24.8. The maximum atomic E-state index is 12.5. The number of hydrogen-bond acceptors (Lipinski definition) is 5. The number of halogens is 3. The van der Waals surface area contributed by atoms with E-state index < -0.39 is 12.3 Å². The Morgan fingerprint density at radius 2 is 1.97 bits per heavy atom. The third-order valence-electron chi connectivity index (χ3n) is 6.29. The summed E-state index contributed by atoms with van der Waals surface area (Å²) in [4.78, 5) is 20.4. The number of aliphatic carboxylic acids is 1. The number of fused-ring (bicyclic) bond motifs is 1. The number of carboxylic acids is 1. The van der Waals surface area contributed by atoms with Crippen LogP contribution < -0.4 is 10.1 Å². The number of alkyl halides is 3. The van der Waals surface area contributed by atoms with Gasteiger partial charge in [0, 0.05) is 24.3 Å². The zero-order valence-corrected chi connectivity index (χ0v) is 19.9. The molecule has 2 N–H and O–H groups in total. The molecule has 0 bridgehead atoms. The van der Waals surface area contributed by atoms with E-state index in [1.807, 2.05) is 6.07 Å². The average Bonchev–Trinajstić information content (AvgIpc) is 3.08. The Kier molecular flexibility index (Phi) is 6.66.